The molecule has 35 heavy (non-hydrogen) atoms. The van der Waals surface area contributed by atoms with Crippen LogP contribution in [0.5, 0.6) is 0 Å². The molecule has 2 saturated heterocycles. The van der Waals surface area contributed by atoms with Crippen LogP contribution in [0.15, 0.2) is 63.9 Å². The number of morpholine rings is 1. The molecule has 5 rings (SSSR count). The van der Waals surface area contributed by atoms with E-state index in [1.807, 2.05) is 22.8 Å². The fourth-order valence-corrected chi connectivity index (χ4v) is 6.16. The summed E-state index contributed by atoms with van der Waals surface area (Å²) in [5, 5.41) is 0. The van der Waals surface area contributed by atoms with Crippen molar-refractivity contribution in [2.24, 2.45) is 0 Å². The second kappa shape index (κ2) is 10.7. The van der Waals surface area contributed by atoms with Gasteiger partial charge in [0.25, 0.3) is 4.84 Å². The molecule has 2 fully saturated rings. The largest absolute Gasteiger partial charge is 0.429 e. The highest BCUT2D eigenvalue weighted by molar-refractivity contribution is 7.89. The molecule has 0 spiro atoms. The van der Waals surface area contributed by atoms with Gasteiger partial charge >= 0.3 is 0 Å². The molecule has 1 aromatic heterocycles. The average molecular weight is 515 g/mol. The maximum atomic E-state index is 13.1. The van der Waals surface area contributed by atoms with Crippen LogP contribution in [0.1, 0.15) is 5.56 Å². The van der Waals surface area contributed by atoms with Crippen LogP contribution in [-0.2, 0) is 21.4 Å². The lowest BCUT2D eigenvalue weighted by atomic mass is 10.2. The lowest BCUT2D eigenvalue weighted by molar-refractivity contribution is 0.0730. The Labute approximate surface area is 211 Å². The molecule has 3 aromatic rings. The first-order valence-corrected chi connectivity index (χ1v) is 13.7. The first-order valence-electron chi connectivity index (χ1n) is 11.9. The van der Waals surface area contributed by atoms with Gasteiger partial charge in [-0.3, -0.25) is 14.4 Å². The topological polar surface area (TPSA) is 71.2 Å². The monoisotopic (exact) mass is 514 g/mol. The standard InChI is InChI=1S/C25H30N4O4S2/c30-35(31,28-15-17-32-18-16-28)22-8-9-24-23(19-22)29(25(34)33-24)20-27-13-11-26(12-14-27)10-4-7-21-5-2-1-3-6-21/h1-9,19H,10-18,20H2/b7-4+. The molecular formula is C25H30N4O4S2. The fourth-order valence-electron chi connectivity index (χ4n) is 4.49. The highest BCUT2D eigenvalue weighted by atomic mass is 32.2. The molecule has 8 nitrogen and oxygen atoms in total. The molecule has 2 aromatic carbocycles. The van der Waals surface area contributed by atoms with Crippen molar-refractivity contribution < 1.29 is 17.6 Å². The second-order valence-corrected chi connectivity index (χ2v) is 11.1. The zero-order chi connectivity index (χ0) is 24.3. The van der Waals surface area contributed by atoms with Crippen molar-refractivity contribution in [3.63, 3.8) is 0 Å². The number of rotatable bonds is 7. The van der Waals surface area contributed by atoms with E-state index < -0.39 is 10.0 Å². The number of fused-ring (bicyclic) bond motifs is 1. The Kier molecular flexibility index (Phi) is 7.47. The van der Waals surface area contributed by atoms with Gasteiger partial charge in [0.05, 0.1) is 30.3 Å². The van der Waals surface area contributed by atoms with Crippen LogP contribution in [0, 0.1) is 4.84 Å². The van der Waals surface area contributed by atoms with E-state index in [1.165, 1.54) is 9.87 Å². The van der Waals surface area contributed by atoms with Gasteiger partial charge in [0.1, 0.15) is 0 Å². The lowest BCUT2D eigenvalue weighted by Gasteiger charge is -2.34. The van der Waals surface area contributed by atoms with Crippen molar-refractivity contribution >= 4 is 39.4 Å². The first kappa shape index (κ1) is 24.4. The lowest BCUT2D eigenvalue weighted by Crippen LogP contribution is -2.46. The van der Waals surface area contributed by atoms with E-state index in [1.54, 1.807) is 18.2 Å². The minimum Gasteiger partial charge on any atom is -0.429 e. The third-order valence-electron chi connectivity index (χ3n) is 6.53. The van der Waals surface area contributed by atoms with Crippen LogP contribution >= 0.6 is 12.2 Å². The van der Waals surface area contributed by atoms with Gasteiger partial charge < -0.3 is 9.15 Å². The van der Waals surface area contributed by atoms with Gasteiger partial charge in [-0.15, -0.1) is 0 Å². The predicted molar refractivity (Wildman–Crippen MR) is 138 cm³/mol. The Bertz CT molecular complexity index is 1340. The fraction of sp³-hybridized carbons (Fsp3) is 0.400. The molecular weight excluding hydrogens is 484 g/mol. The average Bonchev–Trinajstić information content (AvgIpc) is 3.20. The third kappa shape index (κ3) is 5.58. The first-order chi connectivity index (χ1) is 17.0. The normalized spacial score (nSPS) is 19.1. The van der Waals surface area contributed by atoms with E-state index in [0.29, 0.717) is 48.9 Å². The smallest absolute Gasteiger partial charge is 0.270 e. The molecule has 0 N–H and O–H groups in total. The van der Waals surface area contributed by atoms with Crippen molar-refractivity contribution in [2.45, 2.75) is 11.6 Å². The minimum absolute atomic E-state index is 0.256. The SMILES string of the molecule is O=S(=O)(c1ccc2oc(=S)n(CN3CCN(C/C=C/c4ccccc4)CC3)c2c1)N1CCOCC1. The molecule has 0 amide bonds. The predicted octanol–water partition coefficient (Wildman–Crippen LogP) is 3.27. The van der Waals surface area contributed by atoms with Crippen molar-refractivity contribution in [2.75, 3.05) is 59.0 Å². The summed E-state index contributed by atoms with van der Waals surface area (Å²) in [7, 11) is -3.59. The summed E-state index contributed by atoms with van der Waals surface area (Å²) in [5.74, 6) is 0. The van der Waals surface area contributed by atoms with Gasteiger partial charge in [-0.05, 0) is 36.0 Å². The number of ether oxygens (including phenoxy) is 1. The van der Waals surface area contributed by atoms with Gasteiger partial charge in [0, 0.05) is 45.8 Å². The number of hydrogen-bond acceptors (Lipinski definition) is 7. The number of nitrogens with zero attached hydrogens (tertiary/aromatic N) is 4. The van der Waals surface area contributed by atoms with Crippen molar-refractivity contribution in [1.82, 2.24) is 18.7 Å². The van der Waals surface area contributed by atoms with Crippen LogP contribution in [0.4, 0.5) is 0 Å². The second-order valence-electron chi connectivity index (χ2n) is 8.82. The molecule has 0 saturated carbocycles. The van der Waals surface area contributed by atoms with E-state index in [2.05, 4.69) is 34.1 Å². The number of hydrogen-bond donors (Lipinski definition) is 0. The van der Waals surface area contributed by atoms with Gasteiger partial charge in [-0.25, -0.2) is 8.42 Å². The Morgan fingerprint density at radius 2 is 1.63 bits per heavy atom. The van der Waals surface area contributed by atoms with Crippen molar-refractivity contribution in [3.8, 4) is 0 Å². The van der Waals surface area contributed by atoms with Gasteiger partial charge in [-0.2, -0.15) is 4.31 Å². The summed E-state index contributed by atoms with van der Waals surface area (Å²) in [6.07, 6.45) is 4.37. The molecule has 0 bridgehead atoms. The number of oxazole rings is 1. The molecule has 2 aliphatic heterocycles. The van der Waals surface area contributed by atoms with Gasteiger partial charge in [-0.1, -0.05) is 42.5 Å². The summed E-state index contributed by atoms with van der Waals surface area (Å²) in [5.41, 5.74) is 2.51. The number of sulfonamides is 1. The highest BCUT2D eigenvalue weighted by Crippen LogP contribution is 2.25. The number of piperazine rings is 1. The summed E-state index contributed by atoms with van der Waals surface area (Å²) in [6.45, 7) is 6.76. The van der Waals surface area contributed by atoms with Gasteiger partial charge in [0.2, 0.25) is 10.0 Å². The molecule has 0 unspecified atom stereocenters. The number of benzene rings is 2. The Balaban J connectivity index is 1.25. The van der Waals surface area contributed by atoms with Crippen LogP contribution in [0.25, 0.3) is 17.2 Å². The van der Waals surface area contributed by atoms with Crippen LogP contribution in [-0.4, -0.2) is 86.1 Å². The minimum atomic E-state index is -3.59. The van der Waals surface area contributed by atoms with E-state index in [9.17, 15) is 8.42 Å². The molecule has 0 aliphatic carbocycles. The summed E-state index contributed by atoms with van der Waals surface area (Å²) in [6, 6.07) is 15.3. The zero-order valence-corrected chi connectivity index (χ0v) is 21.2. The maximum Gasteiger partial charge on any atom is 0.270 e. The molecule has 0 radical (unpaired) electrons. The molecule has 2 aliphatic rings. The van der Waals surface area contributed by atoms with E-state index in [-0.39, 0.29) is 4.90 Å². The van der Waals surface area contributed by atoms with Crippen LogP contribution < -0.4 is 0 Å². The Hall–Kier alpha value is -2.34. The Morgan fingerprint density at radius 3 is 2.37 bits per heavy atom. The molecule has 186 valence electrons. The van der Waals surface area contributed by atoms with Crippen molar-refractivity contribution in [1.29, 1.82) is 0 Å². The van der Waals surface area contributed by atoms with E-state index >= 15 is 0 Å². The molecule has 10 heteroatoms. The van der Waals surface area contributed by atoms with Crippen molar-refractivity contribution in [3.05, 3.63) is 65.0 Å². The van der Waals surface area contributed by atoms with Crippen LogP contribution in [0.3, 0.4) is 0 Å². The van der Waals surface area contributed by atoms with Crippen LogP contribution in [0.2, 0.25) is 0 Å². The summed E-state index contributed by atoms with van der Waals surface area (Å²) in [4.78, 5) is 5.36. The molecule has 0 atom stereocenters. The third-order valence-corrected chi connectivity index (χ3v) is 8.72. The van der Waals surface area contributed by atoms with E-state index in [4.69, 9.17) is 21.4 Å². The molecule has 3 heterocycles. The maximum absolute atomic E-state index is 13.1. The van der Waals surface area contributed by atoms with Gasteiger partial charge in [0.15, 0.2) is 5.58 Å². The highest BCUT2D eigenvalue weighted by Gasteiger charge is 2.27. The summed E-state index contributed by atoms with van der Waals surface area (Å²) >= 11 is 5.48. The zero-order valence-electron chi connectivity index (χ0n) is 19.6. The quantitative estimate of drug-likeness (QED) is 0.448. The summed E-state index contributed by atoms with van der Waals surface area (Å²) < 4.78 is 40.7. The Morgan fingerprint density at radius 1 is 0.914 bits per heavy atom. The number of aromatic nitrogens is 1. The van der Waals surface area contributed by atoms with E-state index in [0.717, 1.165) is 32.7 Å².